The number of rotatable bonds is 9. The number of aliphatic carboxylic acids is 1. The quantitative estimate of drug-likeness (QED) is 0.631. The minimum Gasteiger partial charge on any atom is -0.480 e. The highest BCUT2D eigenvalue weighted by molar-refractivity contribution is 6.10. The molecule has 7 nitrogen and oxygen atoms in total. The van der Waals surface area contributed by atoms with E-state index in [4.69, 9.17) is 5.11 Å². The third-order valence-corrected chi connectivity index (χ3v) is 3.74. The van der Waals surface area contributed by atoms with Gasteiger partial charge in [-0.05, 0) is 37.2 Å². The van der Waals surface area contributed by atoms with Gasteiger partial charge in [0.05, 0.1) is 24.3 Å². The number of benzene rings is 2. The van der Waals surface area contributed by atoms with Crippen molar-refractivity contribution in [1.82, 2.24) is 4.90 Å². The smallest absolute Gasteiger partial charge is 0.317 e. The minimum absolute atomic E-state index is 0.0607. The normalized spacial score (nSPS) is 10.4. The number of amides is 2. The van der Waals surface area contributed by atoms with Crippen molar-refractivity contribution in [2.75, 3.05) is 30.3 Å². The van der Waals surface area contributed by atoms with Crippen molar-refractivity contribution < 1.29 is 19.5 Å². The van der Waals surface area contributed by atoms with Crippen LogP contribution in [0.4, 0.5) is 11.4 Å². The Morgan fingerprint density at radius 1 is 0.926 bits per heavy atom. The largest absolute Gasteiger partial charge is 0.480 e. The van der Waals surface area contributed by atoms with Crippen LogP contribution in [0, 0.1) is 0 Å². The van der Waals surface area contributed by atoms with Crippen molar-refractivity contribution in [1.29, 1.82) is 0 Å². The number of nitrogens with zero attached hydrogens (tertiary/aromatic N) is 1. The molecule has 0 saturated heterocycles. The molecule has 0 radical (unpaired) electrons. The van der Waals surface area contributed by atoms with Gasteiger partial charge in [-0.15, -0.1) is 0 Å². The third-order valence-electron chi connectivity index (χ3n) is 3.74. The lowest BCUT2D eigenvalue weighted by Gasteiger charge is -2.19. The molecule has 0 spiro atoms. The van der Waals surface area contributed by atoms with Crippen LogP contribution in [0.5, 0.6) is 0 Å². The van der Waals surface area contributed by atoms with Gasteiger partial charge >= 0.3 is 5.97 Å². The summed E-state index contributed by atoms with van der Waals surface area (Å²) < 4.78 is 0. The Balaban J connectivity index is 2.07. The highest BCUT2D eigenvalue weighted by atomic mass is 16.4. The topological polar surface area (TPSA) is 98.7 Å². The lowest BCUT2D eigenvalue weighted by molar-refractivity contribution is -0.138. The van der Waals surface area contributed by atoms with E-state index in [1.54, 1.807) is 41.3 Å². The number of carbonyl (C=O) groups excluding carboxylic acids is 2. The lowest BCUT2D eigenvalue weighted by atomic mass is 10.1. The van der Waals surface area contributed by atoms with E-state index in [1.165, 1.54) is 0 Å². The Labute approximate surface area is 158 Å². The van der Waals surface area contributed by atoms with E-state index in [1.807, 2.05) is 25.1 Å². The number of hydrogen-bond donors (Lipinski definition) is 3. The maximum absolute atomic E-state index is 12.5. The van der Waals surface area contributed by atoms with Crippen molar-refractivity contribution >= 4 is 29.2 Å². The first-order valence-electron chi connectivity index (χ1n) is 8.69. The predicted octanol–water partition coefficient (Wildman–Crippen LogP) is 2.67. The Kier molecular flexibility index (Phi) is 7.51. The van der Waals surface area contributed by atoms with Crippen LogP contribution in [0.15, 0.2) is 54.6 Å². The summed E-state index contributed by atoms with van der Waals surface area (Å²) in [6.07, 6.45) is 0.733. The van der Waals surface area contributed by atoms with Gasteiger partial charge in [0, 0.05) is 5.69 Å². The second kappa shape index (κ2) is 10.1. The molecule has 27 heavy (non-hydrogen) atoms. The number of para-hydroxylation sites is 2. The number of anilines is 2. The first kappa shape index (κ1) is 20.1. The molecule has 0 heterocycles. The number of carbonyl (C=O) groups is 3. The molecule has 0 bridgehead atoms. The van der Waals surface area contributed by atoms with Crippen LogP contribution in [0.25, 0.3) is 0 Å². The molecule has 0 saturated carbocycles. The number of hydrogen-bond acceptors (Lipinski definition) is 4. The summed E-state index contributed by atoms with van der Waals surface area (Å²) in [6, 6.07) is 15.7. The van der Waals surface area contributed by atoms with E-state index in [0.29, 0.717) is 23.5 Å². The van der Waals surface area contributed by atoms with Crippen LogP contribution < -0.4 is 10.6 Å². The van der Waals surface area contributed by atoms with Crippen LogP contribution in [-0.4, -0.2) is 47.4 Å². The Morgan fingerprint density at radius 2 is 1.59 bits per heavy atom. The zero-order valence-corrected chi connectivity index (χ0v) is 15.1. The van der Waals surface area contributed by atoms with Crippen LogP contribution in [0.3, 0.4) is 0 Å². The molecule has 0 aliphatic rings. The van der Waals surface area contributed by atoms with Gasteiger partial charge in [-0.2, -0.15) is 0 Å². The van der Waals surface area contributed by atoms with Gasteiger partial charge in [0.2, 0.25) is 5.91 Å². The second-order valence-corrected chi connectivity index (χ2v) is 6.02. The molecule has 0 atom stereocenters. The molecule has 7 heteroatoms. The summed E-state index contributed by atoms with van der Waals surface area (Å²) in [6.45, 7) is 2.14. The summed E-state index contributed by atoms with van der Waals surface area (Å²) >= 11 is 0. The SMILES string of the molecule is CCCN(CC(=O)O)CC(=O)Nc1ccccc1C(=O)Nc1ccccc1. The molecule has 0 aromatic heterocycles. The second-order valence-electron chi connectivity index (χ2n) is 6.02. The number of carboxylic acids is 1. The molecule has 0 aliphatic carbocycles. The van der Waals surface area contributed by atoms with Crippen LogP contribution in [-0.2, 0) is 9.59 Å². The van der Waals surface area contributed by atoms with Crippen LogP contribution in [0.1, 0.15) is 23.7 Å². The van der Waals surface area contributed by atoms with Crippen LogP contribution in [0.2, 0.25) is 0 Å². The van der Waals surface area contributed by atoms with Gasteiger partial charge in [0.25, 0.3) is 5.91 Å². The summed E-state index contributed by atoms with van der Waals surface area (Å²) in [5.41, 5.74) is 1.36. The molecule has 2 rings (SSSR count). The predicted molar refractivity (Wildman–Crippen MR) is 104 cm³/mol. The van der Waals surface area contributed by atoms with Gasteiger partial charge in [0.1, 0.15) is 0 Å². The maximum atomic E-state index is 12.5. The van der Waals surface area contributed by atoms with Gasteiger partial charge < -0.3 is 15.7 Å². The fourth-order valence-electron chi connectivity index (χ4n) is 2.62. The van der Waals surface area contributed by atoms with Crippen molar-refractivity contribution in [2.24, 2.45) is 0 Å². The molecule has 2 aromatic rings. The molecule has 2 amide bonds. The summed E-state index contributed by atoms with van der Waals surface area (Å²) in [4.78, 5) is 37.3. The van der Waals surface area contributed by atoms with Crippen molar-refractivity contribution in [2.45, 2.75) is 13.3 Å². The van der Waals surface area contributed by atoms with E-state index in [2.05, 4.69) is 10.6 Å². The summed E-state index contributed by atoms with van der Waals surface area (Å²) in [5, 5.41) is 14.4. The Bertz CT molecular complexity index is 793. The van der Waals surface area contributed by atoms with Gasteiger partial charge in [-0.1, -0.05) is 37.3 Å². The van der Waals surface area contributed by atoms with Crippen molar-refractivity contribution in [3.8, 4) is 0 Å². The zero-order valence-electron chi connectivity index (χ0n) is 15.1. The number of nitrogens with one attached hydrogen (secondary N) is 2. The minimum atomic E-state index is -0.987. The fourth-order valence-corrected chi connectivity index (χ4v) is 2.62. The van der Waals surface area contributed by atoms with E-state index < -0.39 is 5.97 Å². The molecule has 0 fully saturated rings. The maximum Gasteiger partial charge on any atom is 0.317 e. The molecule has 0 unspecified atom stereocenters. The van der Waals surface area contributed by atoms with E-state index in [0.717, 1.165) is 6.42 Å². The fraction of sp³-hybridized carbons (Fsp3) is 0.250. The van der Waals surface area contributed by atoms with Crippen molar-refractivity contribution in [3.05, 3.63) is 60.2 Å². The van der Waals surface area contributed by atoms with E-state index >= 15 is 0 Å². The van der Waals surface area contributed by atoms with Gasteiger partial charge in [0.15, 0.2) is 0 Å². The molecular formula is C20H23N3O4. The molecule has 3 N–H and O–H groups in total. The molecule has 2 aromatic carbocycles. The monoisotopic (exact) mass is 369 g/mol. The first-order valence-corrected chi connectivity index (χ1v) is 8.69. The molecule has 142 valence electrons. The lowest BCUT2D eigenvalue weighted by Crippen LogP contribution is -2.37. The molecular weight excluding hydrogens is 346 g/mol. The standard InChI is InChI=1S/C20H23N3O4/c1-2-12-23(14-19(25)26)13-18(24)22-17-11-7-6-10-16(17)20(27)21-15-8-4-3-5-9-15/h3-11H,2,12-14H2,1H3,(H,21,27)(H,22,24)(H,25,26). The third kappa shape index (κ3) is 6.56. The average molecular weight is 369 g/mol. The zero-order chi connectivity index (χ0) is 19.6. The van der Waals surface area contributed by atoms with E-state index in [-0.39, 0.29) is 24.9 Å². The molecule has 0 aliphatic heterocycles. The van der Waals surface area contributed by atoms with E-state index in [9.17, 15) is 14.4 Å². The Hall–Kier alpha value is -3.19. The number of carboxylic acid groups (broad SMARTS) is 1. The van der Waals surface area contributed by atoms with Crippen LogP contribution >= 0.6 is 0 Å². The highest BCUT2D eigenvalue weighted by Gasteiger charge is 2.16. The highest BCUT2D eigenvalue weighted by Crippen LogP contribution is 2.17. The summed E-state index contributed by atoms with van der Waals surface area (Å²) in [5.74, 6) is -1.70. The Morgan fingerprint density at radius 3 is 2.26 bits per heavy atom. The first-order chi connectivity index (χ1) is 13.0. The average Bonchev–Trinajstić information content (AvgIpc) is 2.62. The van der Waals surface area contributed by atoms with Gasteiger partial charge in [-0.3, -0.25) is 19.3 Å². The van der Waals surface area contributed by atoms with Crippen molar-refractivity contribution in [3.63, 3.8) is 0 Å². The van der Waals surface area contributed by atoms with Gasteiger partial charge in [-0.25, -0.2) is 0 Å². The summed E-state index contributed by atoms with van der Waals surface area (Å²) in [7, 11) is 0.